The molecule has 2 aromatic carbocycles. The van der Waals surface area contributed by atoms with Crippen LogP contribution in [0, 0.1) is 4.77 Å². The Kier molecular flexibility index (Phi) is 5.05. The van der Waals surface area contributed by atoms with E-state index < -0.39 is 10.0 Å². The number of sulfonamides is 1. The van der Waals surface area contributed by atoms with E-state index in [-0.39, 0.29) is 21.8 Å². The normalized spacial score (nSPS) is 11.5. The molecule has 1 aromatic heterocycles. The maximum atomic E-state index is 12.9. The molecular weight excluding hydrogens is 390 g/mol. The topological polar surface area (TPSA) is 116 Å². The predicted octanol–water partition coefficient (Wildman–Crippen LogP) is 1.77. The molecule has 8 nitrogen and oxygen atoms in total. The van der Waals surface area contributed by atoms with Crippen molar-refractivity contribution in [1.82, 2.24) is 9.55 Å². The third-order valence-electron chi connectivity index (χ3n) is 4.08. The Labute approximate surface area is 160 Å². The lowest BCUT2D eigenvalue weighted by atomic mass is 10.2. The van der Waals surface area contributed by atoms with Gasteiger partial charge in [0.1, 0.15) is 0 Å². The van der Waals surface area contributed by atoms with Crippen LogP contribution in [0.3, 0.4) is 0 Å². The molecule has 0 spiro atoms. The zero-order valence-electron chi connectivity index (χ0n) is 14.6. The lowest BCUT2D eigenvalue weighted by Gasteiger charge is -2.12. The minimum absolute atomic E-state index is 0.000834. The number of fused-ring (bicyclic) bond motifs is 1. The summed E-state index contributed by atoms with van der Waals surface area (Å²) in [6, 6.07) is 9.17. The summed E-state index contributed by atoms with van der Waals surface area (Å²) < 4.78 is 34.8. The first kappa shape index (κ1) is 19.1. The largest absolute Gasteiger partial charge is 0.493 e. The summed E-state index contributed by atoms with van der Waals surface area (Å²) in [6.07, 6.45) is 0. The predicted molar refractivity (Wildman–Crippen MR) is 103 cm³/mol. The Balaban J connectivity index is 2.09. The molecule has 0 amide bonds. The van der Waals surface area contributed by atoms with Gasteiger partial charge in [-0.25, -0.2) is 13.6 Å². The number of rotatable bonds is 5. The fourth-order valence-electron chi connectivity index (χ4n) is 2.69. The highest BCUT2D eigenvalue weighted by atomic mass is 32.2. The van der Waals surface area contributed by atoms with E-state index >= 15 is 0 Å². The Hall–Kier alpha value is -2.69. The van der Waals surface area contributed by atoms with Gasteiger partial charge in [-0.05, 0) is 36.0 Å². The number of ether oxygens (including phenoxy) is 2. The number of aromatic amines is 1. The van der Waals surface area contributed by atoms with Crippen molar-refractivity contribution in [2.24, 2.45) is 5.14 Å². The van der Waals surface area contributed by atoms with Crippen molar-refractivity contribution >= 4 is 33.1 Å². The number of methoxy groups -OCH3 is 2. The number of benzene rings is 2. The van der Waals surface area contributed by atoms with Gasteiger partial charge in [-0.2, -0.15) is 0 Å². The van der Waals surface area contributed by atoms with Gasteiger partial charge in [0.25, 0.3) is 5.56 Å². The molecule has 3 N–H and O–H groups in total. The van der Waals surface area contributed by atoms with Gasteiger partial charge >= 0.3 is 0 Å². The number of aromatic nitrogens is 2. The average molecular weight is 407 g/mol. The molecule has 0 saturated carbocycles. The number of nitrogens with zero attached hydrogens (tertiary/aromatic N) is 1. The highest BCUT2D eigenvalue weighted by molar-refractivity contribution is 7.89. The lowest BCUT2D eigenvalue weighted by molar-refractivity contribution is 0.355. The molecule has 0 bridgehead atoms. The van der Waals surface area contributed by atoms with Crippen molar-refractivity contribution < 1.29 is 17.9 Å². The number of hydrogen-bond donors (Lipinski definition) is 2. The Bertz CT molecular complexity index is 1230. The fourth-order valence-corrected chi connectivity index (χ4v) is 3.46. The van der Waals surface area contributed by atoms with Gasteiger partial charge in [-0.1, -0.05) is 12.1 Å². The summed E-state index contributed by atoms with van der Waals surface area (Å²) in [5, 5.41) is 5.49. The van der Waals surface area contributed by atoms with E-state index in [9.17, 15) is 13.2 Å². The molecule has 0 fully saturated rings. The standard InChI is InChI=1S/C17H17N3O5S2/c1-24-14-7-12-13(8-15(14)25-2)19-17(26)20(16(12)21)9-10-3-5-11(6-4-10)27(18,22)23/h3-8H,9H2,1-2H3,(H,19,26)(H2,18,22,23). The van der Waals surface area contributed by atoms with Gasteiger partial charge < -0.3 is 14.5 Å². The summed E-state index contributed by atoms with van der Waals surface area (Å²) in [6.45, 7) is 0.170. The molecule has 0 aliphatic heterocycles. The van der Waals surface area contributed by atoms with E-state index in [1.165, 1.54) is 30.9 Å². The molecule has 27 heavy (non-hydrogen) atoms. The molecule has 0 saturated heterocycles. The van der Waals surface area contributed by atoms with Crippen molar-refractivity contribution in [2.45, 2.75) is 11.4 Å². The Morgan fingerprint density at radius 3 is 2.26 bits per heavy atom. The first-order chi connectivity index (χ1) is 12.7. The molecule has 142 valence electrons. The van der Waals surface area contributed by atoms with Crippen molar-refractivity contribution in [3.63, 3.8) is 0 Å². The first-order valence-electron chi connectivity index (χ1n) is 7.75. The summed E-state index contributed by atoms with van der Waals surface area (Å²) in [7, 11) is -0.782. The number of H-pyrrole nitrogens is 1. The van der Waals surface area contributed by atoms with Crippen molar-refractivity contribution in [2.75, 3.05) is 14.2 Å². The van der Waals surface area contributed by atoms with Gasteiger partial charge in [0.2, 0.25) is 10.0 Å². The van der Waals surface area contributed by atoms with E-state index in [4.69, 9.17) is 26.8 Å². The Morgan fingerprint density at radius 2 is 1.70 bits per heavy atom. The van der Waals surface area contributed by atoms with Crippen LogP contribution in [-0.4, -0.2) is 32.2 Å². The zero-order valence-corrected chi connectivity index (χ0v) is 16.2. The van der Waals surface area contributed by atoms with Crippen LogP contribution in [0.15, 0.2) is 46.1 Å². The second kappa shape index (κ2) is 7.14. The molecule has 3 aromatic rings. The van der Waals surface area contributed by atoms with E-state index in [2.05, 4.69) is 4.98 Å². The van der Waals surface area contributed by atoms with Gasteiger partial charge in [-0.15, -0.1) is 0 Å². The third-order valence-corrected chi connectivity index (χ3v) is 5.33. The van der Waals surface area contributed by atoms with Gasteiger partial charge in [-0.3, -0.25) is 9.36 Å². The van der Waals surface area contributed by atoms with Crippen LogP contribution in [0.1, 0.15) is 5.56 Å². The molecule has 0 unspecified atom stereocenters. The van der Waals surface area contributed by atoms with Crippen LogP contribution >= 0.6 is 12.2 Å². The molecule has 3 rings (SSSR count). The van der Waals surface area contributed by atoms with Crippen molar-refractivity contribution in [3.8, 4) is 11.5 Å². The van der Waals surface area contributed by atoms with Crippen molar-refractivity contribution in [3.05, 3.63) is 57.1 Å². The van der Waals surface area contributed by atoms with Gasteiger partial charge in [0.05, 0.1) is 36.6 Å². The third kappa shape index (κ3) is 3.72. The molecule has 10 heteroatoms. The van der Waals surface area contributed by atoms with E-state index in [0.717, 1.165) is 0 Å². The van der Waals surface area contributed by atoms with E-state index in [1.807, 2.05) is 0 Å². The maximum absolute atomic E-state index is 12.9. The number of hydrogen-bond acceptors (Lipinski definition) is 6. The van der Waals surface area contributed by atoms with Crippen LogP contribution in [-0.2, 0) is 16.6 Å². The first-order valence-corrected chi connectivity index (χ1v) is 9.70. The van der Waals surface area contributed by atoms with Crippen LogP contribution < -0.4 is 20.2 Å². The van der Waals surface area contributed by atoms with Gasteiger partial charge in [0.15, 0.2) is 16.3 Å². The van der Waals surface area contributed by atoms with Crippen LogP contribution in [0.5, 0.6) is 11.5 Å². The van der Waals surface area contributed by atoms with Crippen LogP contribution in [0.25, 0.3) is 10.9 Å². The summed E-state index contributed by atoms with van der Waals surface area (Å²) in [5.74, 6) is 0.906. The van der Waals surface area contributed by atoms with Crippen LogP contribution in [0.4, 0.5) is 0 Å². The molecule has 1 heterocycles. The van der Waals surface area contributed by atoms with Crippen molar-refractivity contribution in [1.29, 1.82) is 0 Å². The Morgan fingerprint density at radius 1 is 1.11 bits per heavy atom. The van der Waals surface area contributed by atoms with Gasteiger partial charge in [0, 0.05) is 6.07 Å². The van der Waals surface area contributed by atoms with E-state index in [0.29, 0.717) is 28.0 Å². The molecule has 0 radical (unpaired) electrons. The highest BCUT2D eigenvalue weighted by Gasteiger charge is 2.13. The quantitative estimate of drug-likeness (QED) is 0.623. The van der Waals surface area contributed by atoms with E-state index in [1.54, 1.807) is 24.3 Å². The molecule has 0 aliphatic carbocycles. The molecule has 0 atom stereocenters. The summed E-state index contributed by atoms with van der Waals surface area (Å²) >= 11 is 5.31. The summed E-state index contributed by atoms with van der Waals surface area (Å²) in [5.41, 5.74) is 0.928. The summed E-state index contributed by atoms with van der Waals surface area (Å²) in [4.78, 5) is 15.9. The maximum Gasteiger partial charge on any atom is 0.262 e. The average Bonchev–Trinajstić information content (AvgIpc) is 2.63. The minimum atomic E-state index is -3.77. The second-order valence-corrected chi connectivity index (χ2v) is 7.71. The number of nitrogens with two attached hydrogens (primary N) is 1. The SMILES string of the molecule is COc1cc2[nH]c(=S)n(Cc3ccc(S(N)(=O)=O)cc3)c(=O)c2cc1OC. The monoisotopic (exact) mass is 407 g/mol. The second-order valence-electron chi connectivity index (χ2n) is 5.76. The number of nitrogens with one attached hydrogen (secondary N) is 1. The lowest BCUT2D eigenvalue weighted by Crippen LogP contribution is -2.23. The zero-order chi connectivity index (χ0) is 19.8. The highest BCUT2D eigenvalue weighted by Crippen LogP contribution is 2.30. The smallest absolute Gasteiger partial charge is 0.262 e. The van der Waals surface area contributed by atoms with Crippen LogP contribution in [0.2, 0.25) is 0 Å². The minimum Gasteiger partial charge on any atom is -0.493 e. The number of primary sulfonamides is 1. The molecular formula is C17H17N3O5S2. The molecule has 0 aliphatic rings. The fraction of sp³-hybridized carbons (Fsp3) is 0.176.